The van der Waals surface area contributed by atoms with Crippen LogP contribution in [0.15, 0.2) is 59.0 Å². The average molecular weight is 427 g/mol. The van der Waals surface area contributed by atoms with Crippen molar-refractivity contribution in [2.45, 2.75) is 18.9 Å². The van der Waals surface area contributed by atoms with E-state index in [4.69, 9.17) is 4.42 Å². The van der Waals surface area contributed by atoms with Gasteiger partial charge in [0.05, 0.1) is 6.42 Å². The molecule has 0 spiro atoms. The fourth-order valence-electron chi connectivity index (χ4n) is 3.33. The topological polar surface area (TPSA) is 71.3 Å². The number of nitrogens with zero attached hydrogens (tertiary/aromatic N) is 3. The minimum Gasteiger partial charge on any atom is -0.406 e. The SMILES string of the molecule is O=C(Cc1ccc(F)cc1)N[C@@H](Cc1ccccc1)c1nnc(N2CCSCC2)o1. The normalized spacial score (nSPS) is 15.0. The van der Waals surface area contributed by atoms with Crippen LogP contribution in [0.5, 0.6) is 0 Å². The molecule has 1 fully saturated rings. The first kappa shape index (κ1) is 20.4. The number of rotatable bonds is 7. The second kappa shape index (κ2) is 9.75. The Morgan fingerprint density at radius 1 is 1.07 bits per heavy atom. The lowest BCUT2D eigenvalue weighted by molar-refractivity contribution is -0.121. The number of anilines is 1. The molecular formula is C22H23FN4O2S. The van der Waals surface area contributed by atoms with E-state index in [1.807, 2.05) is 42.1 Å². The maximum Gasteiger partial charge on any atom is 0.318 e. The molecule has 0 saturated carbocycles. The summed E-state index contributed by atoms with van der Waals surface area (Å²) in [6, 6.07) is 15.8. The van der Waals surface area contributed by atoms with Crippen LogP contribution in [0, 0.1) is 5.82 Å². The fourth-order valence-corrected chi connectivity index (χ4v) is 4.24. The number of hydrogen-bond acceptors (Lipinski definition) is 6. The lowest BCUT2D eigenvalue weighted by atomic mass is 10.1. The van der Waals surface area contributed by atoms with Gasteiger partial charge in [0.15, 0.2) is 0 Å². The van der Waals surface area contributed by atoms with Gasteiger partial charge in [0.1, 0.15) is 11.9 Å². The maximum atomic E-state index is 13.1. The Morgan fingerprint density at radius 2 is 1.80 bits per heavy atom. The lowest BCUT2D eigenvalue weighted by Gasteiger charge is -2.24. The molecule has 1 N–H and O–H groups in total. The standard InChI is InChI=1S/C22H23FN4O2S/c23-18-8-6-17(7-9-18)15-20(28)24-19(14-16-4-2-1-3-5-16)21-25-26-22(29-21)27-10-12-30-13-11-27/h1-9,19H,10-15H2,(H,24,28)/t19-/m0/s1. The minimum absolute atomic E-state index is 0.149. The van der Waals surface area contributed by atoms with Gasteiger partial charge in [-0.2, -0.15) is 11.8 Å². The van der Waals surface area contributed by atoms with Gasteiger partial charge in [0.25, 0.3) is 0 Å². The molecule has 1 saturated heterocycles. The van der Waals surface area contributed by atoms with Gasteiger partial charge in [-0.25, -0.2) is 4.39 Å². The van der Waals surface area contributed by atoms with Crippen LogP contribution in [-0.4, -0.2) is 40.7 Å². The van der Waals surface area contributed by atoms with Gasteiger partial charge in [-0.15, -0.1) is 5.10 Å². The van der Waals surface area contributed by atoms with Crippen LogP contribution in [0.2, 0.25) is 0 Å². The molecule has 1 aromatic heterocycles. The highest BCUT2D eigenvalue weighted by molar-refractivity contribution is 7.99. The molecule has 2 heterocycles. The summed E-state index contributed by atoms with van der Waals surface area (Å²) in [6.07, 6.45) is 0.684. The summed E-state index contributed by atoms with van der Waals surface area (Å²) < 4.78 is 19.1. The van der Waals surface area contributed by atoms with Crippen molar-refractivity contribution < 1.29 is 13.6 Å². The molecule has 1 amide bonds. The molecule has 4 rings (SSSR count). The monoisotopic (exact) mass is 426 g/mol. The number of aromatic nitrogens is 2. The third-order valence-electron chi connectivity index (χ3n) is 4.91. The van der Waals surface area contributed by atoms with E-state index in [1.54, 1.807) is 12.1 Å². The van der Waals surface area contributed by atoms with Crippen molar-refractivity contribution in [1.82, 2.24) is 15.5 Å². The van der Waals surface area contributed by atoms with Gasteiger partial charge in [-0.1, -0.05) is 47.6 Å². The summed E-state index contributed by atoms with van der Waals surface area (Å²) >= 11 is 1.91. The molecule has 3 aromatic rings. The fraction of sp³-hybridized carbons (Fsp3) is 0.318. The van der Waals surface area contributed by atoms with Gasteiger partial charge in [0, 0.05) is 31.0 Å². The van der Waals surface area contributed by atoms with E-state index in [0.29, 0.717) is 18.3 Å². The van der Waals surface area contributed by atoms with E-state index >= 15 is 0 Å². The number of hydrogen-bond donors (Lipinski definition) is 1. The van der Waals surface area contributed by atoms with E-state index < -0.39 is 6.04 Å². The van der Waals surface area contributed by atoms with Crippen LogP contribution < -0.4 is 10.2 Å². The van der Waals surface area contributed by atoms with E-state index in [-0.39, 0.29) is 18.1 Å². The second-order valence-corrected chi connectivity index (χ2v) is 8.36. The van der Waals surface area contributed by atoms with Gasteiger partial charge >= 0.3 is 6.01 Å². The Morgan fingerprint density at radius 3 is 2.53 bits per heavy atom. The average Bonchev–Trinajstić information content (AvgIpc) is 3.27. The molecule has 156 valence electrons. The highest BCUT2D eigenvalue weighted by atomic mass is 32.2. The number of carbonyl (C=O) groups is 1. The molecule has 30 heavy (non-hydrogen) atoms. The minimum atomic E-state index is -0.444. The number of carbonyl (C=O) groups excluding carboxylic acids is 1. The molecule has 0 radical (unpaired) electrons. The Balaban J connectivity index is 1.49. The van der Waals surface area contributed by atoms with E-state index in [1.165, 1.54) is 12.1 Å². The Labute approximate surface area is 178 Å². The van der Waals surface area contributed by atoms with E-state index in [0.717, 1.165) is 35.7 Å². The summed E-state index contributed by atoms with van der Waals surface area (Å²) in [4.78, 5) is 14.7. The number of benzene rings is 2. The summed E-state index contributed by atoms with van der Waals surface area (Å²) in [5.41, 5.74) is 1.79. The first-order chi connectivity index (χ1) is 14.7. The van der Waals surface area contributed by atoms with Crippen molar-refractivity contribution in [2.75, 3.05) is 29.5 Å². The predicted molar refractivity (Wildman–Crippen MR) is 115 cm³/mol. The molecule has 8 heteroatoms. The molecule has 0 unspecified atom stereocenters. The maximum absolute atomic E-state index is 13.1. The summed E-state index contributed by atoms with van der Waals surface area (Å²) in [6.45, 7) is 1.74. The lowest BCUT2D eigenvalue weighted by Crippen LogP contribution is -2.32. The number of thioether (sulfide) groups is 1. The molecule has 0 bridgehead atoms. The largest absolute Gasteiger partial charge is 0.406 e. The number of halogens is 1. The van der Waals surface area contributed by atoms with Crippen LogP contribution in [0.4, 0.5) is 10.4 Å². The third-order valence-corrected chi connectivity index (χ3v) is 5.85. The van der Waals surface area contributed by atoms with E-state index in [2.05, 4.69) is 20.4 Å². The molecule has 1 atom stereocenters. The molecule has 1 aliphatic rings. The molecule has 2 aromatic carbocycles. The van der Waals surface area contributed by atoms with Gasteiger partial charge in [0.2, 0.25) is 11.8 Å². The highest BCUT2D eigenvalue weighted by Gasteiger charge is 2.24. The summed E-state index contributed by atoms with van der Waals surface area (Å²) in [5, 5.41) is 11.5. The molecule has 6 nitrogen and oxygen atoms in total. The molecule has 0 aliphatic carbocycles. The second-order valence-electron chi connectivity index (χ2n) is 7.14. The first-order valence-electron chi connectivity index (χ1n) is 9.91. The van der Waals surface area contributed by atoms with Crippen molar-refractivity contribution in [2.24, 2.45) is 0 Å². The van der Waals surface area contributed by atoms with Crippen molar-refractivity contribution in [1.29, 1.82) is 0 Å². The van der Waals surface area contributed by atoms with Gasteiger partial charge in [-0.05, 0) is 23.3 Å². The smallest absolute Gasteiger partial charge is 0.318 e. The number of nitrogens with one attached hydrogen (secondary N) is 1. The number of amides is 1. The van der Waals surface area contributed by atoms with Crippen LogP contribution in [0.1, 0.15) is 23.1 Å². The summed E-state index contributed by atoms with van der Waals surface area (Å²) in [5.74, 6) is 1.94. The first-order valence-corrected chi connectivity index (χ1v) is 11.1. The Hall–Kier alpha value is -2.87. The van der Waals surface area contributed by atoms with Crippen molar-refractivity contribution in [3.63, 3.8) is 0 Å². The van der Waals surface area contributed by atoms with E-state index in [9.17, 15) is 9.18 Å². The zero-order chi connectivity index (χ0) is 20.8. The third kappa shape index (κ3) is 5.38. The van der Waals surface area contributed by atoms with Crippen LogP contribution in [0.25, 0.3) is 0 Å². The van der Waals surface area contributed by atoms with Crippen molar-refractivity contribution in [3.8, 4) is 0 Å². The molecular weight excluding hydrogens is 403 g/mol. The predicted octanol–water partition coefficient (Wildman–Crippen LogP) is 3.40. The Bertz CT molecular complexity index is 959. The van der Waals surface area contributed by atoms with Crippen LogP contribution in [0.3, 0.4) is 0 Å². The van der Waals surface area contributed by atoms with Crippen LogP contribution in [-0.2, 0) is 17.6 Å². The highest BCUT2D eigenvalue weighted by Crippen LogP contribution is 2.23. The molecule has 1 aliphatic heterocycles. The quantitative estimate of drug-likeness (QED) is 0.624. The van der Waals surface area contributed by atoms with Gasteiger partial charge < -0.3 is 14.6 Å². The zero-order valence-electron chi connectivity index (χ0n) is 16.5. The van der Waals surface area contributed by atoms with Crippen molar-refractivity contribution in [3.05, 3.63) is 77.4 Å². The summed E-state index contributed by atoms with van der Waals surface area (Å²) in [7, 11) is 0. The zero-order valence-corrected chi connectivity index (χ0v) is 17.3. The Kier molecular flexibility index (Phi) is 6.63. The van der Waals surface area contributed by atoms with Crippen LogP contribution >= 0.6 is 11.8 Å². The van der Waals surface area contributed by atoms with Crippen molar-refractivity contribution >= 4 is 23.7 Å². The van der Waals surface area contributed by atoms with Gasteiger partial charge in [-0.3, -0.25) is 4.79 Å².